The summed E-state index contributed by atoms with van der Waals surface area (Å²) in [7, 11) is 2.70. The van der Waals surface area contributed by atoms with Crippen molar-refractivity contribution >= 4 is 9.24 Å². The number of ether oxygens (including phenoxy) is 2. The van der Waals surface area contributed by atoms with Crippen molar-refractivity contribution in [3.8, 4) is 11.5 Å². The predicted molar refractivity (Wildman–Crippen MR) is 147 cm³/mol. The molecule has 0 amide bonds. The molecule has 0 fully saturated rings. The van der Waals surface area contributed by atoms with Gasteiger partial charge in [0, 0.05) is 44.8 Å². The summed E-state index contributed by atoms with van der Waals surface area (Å²) in [5.74, 6) is -0.404. The van der Waals surface area contributed by atoms with Gasteiger partial charge >= 0.3 is 6.18 Å². The number of halogens is 4. The quantitative estimate of drug-likeness (QED) is 0.131. The number of hydrogen-bond donors (Lipinski definition) is 1. The van der Waals surface area contributed by atoms with Crippen LogP contribution in [0, 0.1) is 6.92 Å². The molecule has 2 aromatic carbocycles. The lowest BCUT2D eigenvalue weighted by molar-refractivity contribution is -0.133. The van der Waals surface area contributed by atoms with E-state index in [1.54, 1.807) is 31.2 Å². The number of benzene rings is 2. The summed E-state index contributed by atoms with van der Waals surface area (Å²) < 4.78 is 70.4. The summed E-state index contributed by atoms with van der Waals surface area (Å²) in [6.45, 7) is 8.20. The first-order valence-electron chi connectivity index (χ1n) is 12.9. The molecule has 3 atom stereocenters. The molecule has 3 aromatic rings. The molecular weight excluding hydrogens is 531 g/mol. The topological polar surface area (TPSA) is 56.5 Å². The molecule has 0 aliphatic heterocycles. The largest absolute Gasteiger partial charge is 0.484 e. The first-order valence-corrected chi connectivity index (χ1v) is 13.5. The van der Waals surface area contributed by atoms with Crippen molar-refractivity contribution in [3.05, 3.63) is 77.2 Å². The molecule has 3 unspecified atom stereocenters. The molecule has 5 nitrogen and oxygen atoms in total. The molecule has 1 aromatic heterocycles. The lowest BCUT2D eigenvalue weighted by Gasteiger charge is -2.36. The van der Waals surface area contributed by atoms with Crippen molar-refractivity contribution in [1.82, 2.24) is 10.5 Å². The number of alkyl halides is 4. The van der Waals surface area contributed by atoms with E-state index in [1.165, 1.54) is 13.8 Å². The van der Waals surface area contributed by atoms with Crippen LogP contribution in [-0.2, 0) is 11.8 Å². The van der Waals surface area contributed by atoms with Crippen LogP contribution in [-0.4, -0.2) is 35.6 Å². The minimum absolute atomic E-state index is 0.132. The maximum atomic E-state index is 14.4. The van der Waals surface area contributed by atoms with Gasteiger partial charge in [-0.1, -0.05) is 45.6 Å². The Kier molecular flexibility index (Phi) is 9.71. The first-order chi connectivity index (χ1) is 18.1. The molecule has 0 saturated heterocycles. The van der Waals surface area contributed by atoms with Crippen molar-refractivity contribution in [2.75, 3.05) is 13.1 Å². The maximum Gasteiger partial charge on any atom is 0.390 e. The van der Waals surface area contributed by atoms with Gasteiger partial charge in [-0.25, -0.2) is 0 Å². The van der Waals surface area contributed by atoms with Gasteiger partial charge in [-0.2, -0.15) is 17.6 Å². The Morgan fingerprint density at radius 3 is 2.00 bits per heavy atom. The highest BCUT2D eigenvalue weighted by atomic mass is 31.0. The van der Waals surface area contributed by atoms with Crippen LogP contribution in [0.3, 0.4) is 0 Å². The number of aryl methyl sites for hydroxylation is 1. The van der Waals surface area contributed by atoms with Gasteiger partial charge in [-0.3, -0.25) is 0 Å². The van der Waals surface area contributed by atoms with Crippen LogP contribution in [0.25, 0.3) is 0 Å². The third-order valence-corrected chi connectivity index (χ3v) is 6.88. The fourth-order valence-corrected chi connectivity index (χ4v) is 4.45. The lowest BCUT2D eigenvalue weighted by Crippen LogP contribution is -2.42. The Morgan fingerprint density at radius 2 is 1.51 bits per heavy atom. The summed E-state index contributed by atoms with van der Waals surface area (Å²) >= 11 is 0. The van der Waals surface area contributed by atoms with Crippen molar-refractivity contribution in [1.29, 1.82) is 0 Å². The Labute approximate surface area is 229 Å². The molecule has 0 saturated carbocycles. The number of hydrogen-bond acceptors (Lipinski definition) is 5. The number of aromatic nitrogens is 1. The minimum Gasteiger partial charge on any atom is -0.484 e. The van der Waals surface area contributed by atoms with Crippen LogP contribution in [0.15, 0.2) is 59.1 Å². The van der Waals surface area contributed by atoms with Crippen molar-refractivity contribution in [2.24, 2.45) is 0 Å². The van der Waals surface area contributed by atoms with E-state index in [-0.39, 0.29) is 13.1 Å². The number of nitrogens with zero attached hydrogens (tertiary/aromatic N) is 1. The molecule has 3 rings (SSSR count). The predicted octanol–water partition coefficient (Wildman–Crippen LogP) is 7.52. The van der Waals surface area contributed by atoms with Crippen LogP contribution < -0.4 is 14.8 Å². The van der Waals surface area contributed by atoms with Gasteiger partial charge in [-0.15, -0.1) is 0 Å². The smallest absolute Gasteiger partial charge is 0.390 e. The highest BCUT2D eigenvalue weighted by molar-refractivity contribution is 7.18. The van der Waals surface area contributed by atoms with Crippen molar-refractivity contribution < 1.29 is 31.6 Å². The van der Waals surface area contributed by atoms with E-state index >= 15 is 0 Å². The lowest BCUT2D eigenvalue weighted by atomic mass is 9.71. The van der Waals surface area contributed by atoms with Gasteiger partial charge < -0.3 is 19.3 Å². The van der Waals surface area contributed by atoms with E-state index in [4.69, 9.17) is 14.0 Å². The fraction of sp³-hybridized carbons (Fsp3) is 0.483. The van der Waals surface area contributed by atoms with Gasteiger partial charge in [0.2, 0.25) is 5.85 Å². The van der Waals surface area contributed by atoms with Crippen LogP contribution in [0.1, 0.15) is 63.1 Å². The molecule has 0 aliphatic rings. The van der Waals surface area contributed by atoms with E-state index in [2.05, 4.69) is 19.7 Å². The Hall–Kier alpha value is -2.64. The van der Waals surface area contributed by atoms with Crippen LogP contribution >= 0.6 is 9.24 Å². The zero-order valence-corrected chi connectivity index (χ0v) is 24.1. The van der Waals surface area contributed by atoms with Gasteiger partial charge in [0.1, 0.15) is 22.6 Å². The van der Waals surface area contributed by atoms with Crippen LogP contribution in [0.2, 0.25) is 0 Å². The standard InChI is InChI=1S/C29H37F4N2O3P/c1-6-27(5,39)37-25-12-8-10-22(17-25)28(18-23-15-20(2)38-35-23,19-34-14-13-29(31,32)33)21-9-7-11-24(16-21)36-26(3,4)30/h7-12,15-17,34H,6,13-14,18-19,39H2,1-5H3. The second-order valence-electron chi connectivity index (χ2n) is 10.5. The highest BCUT2D eigenvalue weighted by Crippen LogP contribution is 2.40. The van der Waals surface area contributed by atoms with Gasteiger partial charge in [0.05, 0.1) is 12.1 Å². The molecule has 0 aliphatic carbocycles. The Bertz CT molecular complexity index is 1220. The molecular formula is C29H37F4N2O3P. The molecule has 1 N–H and O–H groups in total. The van der Waals surface area contributed by atoms with E-state index in [0.29, 0.717) is 34.9 Å². The Morgan fingerprint density at radius 1 is 0.923 bits per heavy atom. The van der Waals surface area contributed by atoms with E-state index in [9.17, 15) is 17.6 Å². The van der Waals surface area contributed by atoms with E-state index in [0.717, 1.165) is 12.0 Å². The SMILES string of the molecule is CCC(C)(P)Oc1cccc(C(CNCCC(F)(F)F)(Cc2cc(C)on2)c2cccc(OC(C)(C)F)c2)c1. The van der Waals surface area contributed by atoms with Crippen LogP contribution in [0.5, 0.6) is 11.5 Å². The second-order valence-corrected chi connectivity index (χ2v) is 11.7. The van der Waals surface area contributed by atoms with Crippen molar-refractivity contribution in [3.63, 3.8) is 0 Å². The van der Waals surface area contributed by atoms with Gasteiger partial charge in [0.15, 0.2) is 0 Å². The zero-order chi connectivity index (χ0) is 28.9. The number of rotatable bonds is 13. The number of nitrogens with one attached hydrogen (secondary N) is 1. The average molecular weight is 569 g/mol. The summed E-state index contributed by atoms with van der Waals surface area (Å²) in [4.78, 5) is 0. The summed E-state index contributed by atoms with van der Waals surface area (Å²) in [6, 6.07) is 16.3. The monoisotopic (exact) mass is 568 g/mol. The second kappa shape index (κ2) is 12.3. The summed E-state index contributed by atoms with van der Waals surface area (Å²) in [5, 5.41) is 6.70. The molecule has 39 heavy (non-hydrogen) atoms. The Balaban J connectivity index is 2.16. The fourth-order valence-electron chi connectivity index (χ4n) is 4.32. The third kappa shape index (κ3) is 9.21. The molecule has 10 heteroatoms. The van der Waals surface area contributed by atoms with E-state index in [1.807, 2.05) is 44.2 Å². The zero-order valence-electron chi connectivity index (χ0n) is 23.0. The third-order valence-electron chi connectivity index (χ3n) is 6.36. The highest BCUT2D eigenvalue weighted by Gasteiger charge is 2.37. The molecule has 214 valence electrons. The summed E-state index contributed by atoms with van der Waals surface area (Å²) in [6.07, 6.45) is -4.24. The van der Waals surface area contributed by atoms with Gasteiger partial charge in [0.25, 0.3) is 0 Å². The van der Waals surface area contributed by atoms with Crippen LogP contribution in [0.4, 0.5) is 17.6 Å². The van der Waals surface area contributed by atoms with Gasteiger partial charge in [-0.05, 0) is 55.7 Å². The summed E-state index contributed by atoms with van der Waals surface area (Å²) in [5.41, 5.74) is 1.19. The molecule has 1 heterocycles. The molecule has 0 spiro atoms. The van der Waals surface area contributed by atoms with E-state index < -0.39 is 29.2 Å². The maximum absolute atomic E-state index is 14.4. The average Bonchev–Trinajstić information content (AvgIpc) is 3.23. The minimum atomic E-state index is -4.30. The first kappa shape index (κ1) is 30.9. The van der Waals surface area contributed by atoms with Crippen molar-refractivity contribution in [2.45, 2.75) is 76.7 Å². The molecule has 0 radical (unpaired) electrons. The molecule has 0 bridgehead atoms. The normalized spacial score (nSPS) is 15.4.